The second-order valence-corrected chi connectivity index (χ2v) is 6.72. The van der Waals surface area contributed by atoms with Crippen molar-refractivity contribution in [2.75, 3.05) is 26.2 Å². The zero-order valence-electron chi connectivity index (χ0n) is 14.3. The van der Waals surface area contributed by atoms with Gasteiger partial charge in [-0.25, -0.2) is 4.39 Å². The van der Waals surface area contributed by atoms with Crippen LogP contribution < -0.4 is 0 Å². The summed E-state index contributed by atoms with van der Waals surface area (Å²) in [7, 11) is 0. The maximum Gasteiger partial charge on any atom is 0.255 e. The molecular weight excluding hydrogens is 355 g/mol. The number of hydrogen-bond donors (Lipinski definition) is 0. The molecule has 0 unspecified atom stereocenters. The monoisotopic (exact) mass is 374 g/mol. The molecule has 1 aliphatic heterocycles. The van der Waals surface area contributed by atoms with Crippen molar-refractivity contribution in [1.29, 1.82) is 0 Å². The molecule has 0 radical (unpaired) electrons. The normalized spacial score (nSPS) is 14.8. The average Bonchev–Trinajstić information content (AvgIpc) is 2.88. The maximum atomic E-state index is 13.3. The summed E-state index contributed by atoms with van der Waals surface area (Å²) >= 11 is 6.12. The number of carbonyl (C=O) groups is 2. The molecule has 2 aromatic rings. The maximum absolute atomic E-state index is 13.3. The minimum absolute atomic E-state index is 0.0531. The van der Waals surface area contributed by atoms with Crippen molar-refractivity contribution in [2.24, 2.45) is 0 Å². The van der Waals surface area contributed by atoms with Crippen LogP contribution >= 0.6 is 11.6 Å². The molecule has 3 rings (SSSR count). The Labute approximate surface area is 157 Å². The van der Waals surface area contributed by atoms with Gasteiger partial charge in [-0.15, -0.1) is 0 Å². The van der Waals surface area contributed by atoms with E-state index in [4.69, 9.17) is 11.6 Å². The fourth-order valence-corrected chi connectivity index (χ4v) is 3.32. The highest BCUT2D eigenvalue weighted by Gasteiger charge is 2.23. The molecule has 136 valence electrons. The second kappa shape index (κ2) is 8.32. The van der Waals surface area contributed by atoms with Gasteiger partial charge in [0.25, 0.3) is 5.91 Å². The van der Waals surface area contributed by atoms with Gasteiger partial charge in [0, 0.05) is 26.2 Å². The Kier molecular flexibility index (Phi) is 5.89. The van der Waals surface area contributed by atoms with Gasteiger partial charge in [-0.2, -0.15) is 0 Å². The lowest BCUT2D eigenvalue weighted by molar-refractivity contribution is -0.130. The van der Waals surface area contributed by atoms with Crippen LogP contribution in [-0.4, -0.2) is 47.8 Å². The highest BCUT2D eigenvalue weighted by molar-refractivity contribution is 6.33. The Morgan fingerprint density at radius 2 is 1.69 bits per heavy atom. The van der Waals surface area contributed by atoms with Crippen LogP contribution in [0.1, 0.15) is 22.3 Å². The van der Waals surface area contributed by atoms with Crippen LogP contribution in [-0.2, 0) is 11.2 Å². The summed E-state index contributed by atoms with van der Waals surface area (Å²) in [6, 6.07) is 13.1. The minimum Gasteiger partial charge on any atom is -0.341 e. The van der Waals surface area contributed by atoms with Crippen LogP contribution in [0.2, 0.25) is 5.02 Å². The summed E-state index contributed by atoms with van der Waals surface area (Å²) in [6.45, 7) is 2.08. The first kappa shape index (κ1) is 18.4. The summed E-state index contributed by atoms with van der Waals surface area (Å²) in [5.74, 6) is -0.514. The molecule has 6 heteroatoms. The number of rotatable bonds is 3. The molecule has 2 amide bonds. The number of amides is 2. The molecule has 1 saturated heterocycles. The van der Waals surface area contributed by atoms with Crippen LogP contribution in [0.15, 0.2) is 48.5 Å². The highest BCUT2D eigenvalue weighted by atomic mass is 35.5. The standard InChI is InChI=1S/C20H20ClFN2O2/c21-18-8-2-1-7-17(18)20(26)24-10-4-9-23(11-12-24)19(25)14-15-5-3-6-16(22)13-15/h1-3,5-8,13H,4,9-12,14H2. The quantitative estimate of drug-likeness (QED) is 0.826. The van der Waals surface area contributed by atoms with Gasteiger partial charge >= 0.3 is 0 Å². The van der Waals surface area contributed by atoms with E-state index in [1.807, 2.05) is 0 Å². The molecular formula is C20H20ClFN2O2. The van der Waals surface area contributed by atoms with Crippen molar-refractivity contribution in [3.63, 3.8) is 0 Å². The molecule has 0 aliphatic carbocycles. The van der Waals surface area contributed by atoms with Crippen LogP contribution in [0.25, 0.3) is 0 Å². The third-order valence-electron chi connectivity index (χ3n) is 4.48. The van der Waals surface area contributed by atoms with Crippen LogP contribution in [0.3, 0.4) is 0 Å². The van der Waals surface area contributed by atoms with Crippen molar-refractivity contribution in [1.82, 2.24) is 9.80 Å². The van der Waals surface area contributed by atoms with Gasteiger partial charge in [0.15, 0.2) is 0 Å². The molecule has 0 aromatic heterocycles. The first-order chi connectivity index (χ1) is 12.5. The van der Waals surface area contributed by atoms with E-state index in [0.717, 1.165) is 0 Å². The van der Waals surface area contributed by atoms with E-state index < -0.39 is 0 Å². The fraction of sp³-hybridized carbons (Fsp3) is 0.300. The van der Waals surface area contributed by atoms with Gasteiger partial charge < -0.3 is 9.80 Å². The van der Waals surface area contributed by atoms with E-state index in [2.05, 4.69) is 0 Å². The number of nitrogens with zero attached hydrogens (tertiary/aromatic N) is 2. The molecule has 1 fully saturated rings. The van der Waals surface area contributed by atoms with E-state index in [-0.39, 0.29) is 24.1 Å². The Hall–Kier alpha value is -2.40. The smallest absolute Gasteiger partial charge is 0.255 e. The summed E-state index contributed by atoms with van der Waals surface area (Å²) in [6.07, 6.45) is 0.862. The molecule has 0 atom stereocenters. The molecule has 1 aliphatic rings. The van der Waals surface area contributed by atoms with Gasteiger partial charge in [0.1, 0.15) is 5.82 Å². The van der Waals surface area contributed by atoms with E-state index in [1.165, 1.54) is 12.1 Å². The first-order valence-corrected chi connectivity index (χ1v) is 8.98. The lowest BCUT2D eigenvalue weighted by atomic mass is 10.1. The summed E-state index contributed by atoms with van der Waals surface area (Å²) in [4.78, 5) is 28.7. The lowest BCUT2D eigenvalue weighted by Gasteiger charge is -2.22. The van der Waals surface area contributed by atoms with Crippen molar-refractivity contribution < 1.29 is 14.0 Å². The molecule has 26 heavy (non-hydrogen) atoms. The molecule has 2 aromatic carbocycles. The first-order valence-electron chi connectivity index (χ1n) is 8.60. The van der Waals surface area contributed by atoms with Crippen LogP contribution in [0.5, 0.6) is 0 Å². The lowest BCUT2D eigenvalue weighted by Crippen LogP contribution is -2.38. The number of halogens is 2. The fourth-order valence-electron chi connectivity index (χ4n) is 3.11. The van der Waals surface area contributed by atoms with Gasteiger partial charge in [0.05, 0.1) is 17.0 Å². The Balaban J connectivity index is 1.62. The summed E-state index contributed by atoms with van der Waals surface area (Å²) < 4.78 is 13.3. The van der Waals surface area contributed by atoms with Crippen molar-refractivity contribution >= 4 is 23.4 Å². The zero-order chi connectivity index (χ0) is 18.5. The van der Waals surface area contributed by atoms with Crippen LogP contribution in [0.4, 0.5) is 4.39 Å². The molecule has 4 nitrogen and oxygen atoms in total. The third kappa shape index (κ3) is 4.41. The number of hydrogen-bond acceptors (Lipinski definition) is 2. The van der Waals surface area contributed by atoms with E-state index in [1.54, 1.807) is 46.2 Å². The summed E-state index contributed by atoms with van der Waals surface area (Å²) in [5, 5.41) is 0.431. The SMILES string of the molecule is O=C(Cc1cccc(F)c1)N1CCCN(C(=O)c2ccccc2Cl)CC1. The topological polar surface area (TPSA) is 40.6 Å². The number of benzene rings is 2. The third-order valence-corrected chi connectivity index (χ3v) is 4.81. The Morgan fingerprint density at radius 3 is 2.46 bits per heavy atom. The molecule has 0 N–H and O–H groups in total. The Bertz CT molecular complexity index is 812. The highest BCUT2D eigenvalue weighted by Crippen LogP contribution is 2.18. The van der Waals surface area contributed by atoms with Gasteiger partial charge in [-0.05, 0) is 36.2 Å². The van der Waals surface area contributed by atoms with Crippen molar-refractivity contribution in [3.05, 3.63) is 70.5 Å². The second-order valence-electron chi connectivity index (χ2n) is 6.31. The largest absolute Gasteiger partial charge is 0.341 e. The number of carbonyl (C=O) groups excluding carboxylic acids is 2. The zero-order valence-corrected chi connectivity index (χ0v) is 15.1. The summed E-state index contributed by atoms with van der Waals surface area (Å²) in [5.41, 5.74) is 1.14. The molecule has 0 spiro atoms. The van der Waals surface area contributed by atoms with Crippen molar-refractivity contribution in [2.45, 2.75) is 12.8 Å². The predicted molar refractivity (Wildman–Crippen MR) is 98.7 cm³/mol. The van der Waals surface area contributed by atoms with Gasteiger partial charge in [-0.3, -0.25) is 9.59 Å². The molecule has 0 saturated carbocycles. The minimum atomic E-state index is -0.345. The van der Waals surface area contributed by atoms with E-state index in [0.29, 0.717) is 48.7 Å². The van der Waals surface area contributed by atoms with Crippen molar-refractivity contribution in [3.8, 4) is 0 Å². The average molecular weight is 375 g/mol. The Morgan fingerprint density at radius 1 is 0.962 bits per heavy atom. The van der Waals surface area contributed by atoms with E-state index >= 15 is 0 Å². The van der Waals surface area contributed by atoms with Gasteiger partial charge in [-0.1, -0.05) is 35.9 Å². The molecule has 1 heterocycles. The predicted octanol–water partition coefficient (Wildman–Crippen LogP) is 3.40. The van der Waals surface area contributed by atoms with Gasteiger partial charge in [0.2, 0.25) is 5.91 Å². The van der Waals surface area contributed by atoms with Crippen LogP contribution in [0, 0.1) is 5.82 Å². The molecule has 0 bridgehead atoms. The van der Waals surface area contributed by atoms with E-state index in [9.17, 15) is 14.0 Å².